The summed E-state index contributed by atoms with van der Waals surface area (Å²) in [7, 11) is 0. The normalized spacial score (nSPS) is 19.6. The van der Waals surface area contributed by atoms with Crippen molar-refractivity contribution in [2.75, 3.05) is 0 Å². The van der Waals surface area contributed by atoms with E-state index >= 15 is 4.39 Å². The number of nitriles is 1. The molecule has 0 N–H and O–H groups in total. The highest BCUT2D eigenvalue weighted by atomic mass is 19.1. The summed E-state index contributed by atoms with van der Waals surface area (Å²) in [5, 5.41) is 9.54. The quantitative estimate of drug-likeness (QED) is 0.256. The summed E-state index contributed by atoms with van der Waals surface area (Å²) >= 11 is 0. The minimum Gasteiger partial charge on any atom is -0.260 e. The molecule has 3 atom stereocenters. The molecule has 0 radical (unpaired) electrons. The fourth-order valence-electron chi connectivity index (χ4n) is 5.15. The van der Waals surface area contributed by atoms with Crippen LogP contribution in [0, 0.1) is 29.0 Å². The largest absolute Gasteiger partial charge is 0.260 e. The summed E-state index contributed by atoms with van der Waals surface area (Å²) in [5.74, 6) is 1.20. The van der Waals surface area contributed by atoms with Crippen molar-refractivity contribution in [1.29, 1.82) is 5.26 Å². The van der Waals surface area contributed by atoms with Gasteiger partial charge in [-0.1, -0.05) is 45.1 Å². The van der Waals surface area contributed by atoms with Crippen LogP contribution in [0.5, 0.6) is 0 Å². The van der Waals surface area contributed by atoms with Gasteiger partial charge in [-0.05, 0) is 68.7 Å². The fourth-order valence-corrected chi connectivity index (χ4v) is 5.15. The molecule has 37 heavy (non-hydrogen) atoms. The van der Waals surface area contributed by atoms with Crippen LogP contribution in [0.3, 0.4) is 0 Å². The standard InChI is InChI=1S/C30H29FN4.C2H6/c1-4-19(3)22-12-13-24-28(23-7-5-6-8-26(23)31)34-30(35-29(24)25(22)15-18(2)16-32)21-11-14-27(33-17-21)20-9-10-20;1-2/h4-8,11,14-15,17,19-20,22,25H,1,9-10,12-13H2,2-3H3;1-2H3/b18-15+;. The number of aromatic nitrogens is 3. The smallest absolute Gasteiger partial charge is 0.161 e. The summed E-state index contributed by atoms with van der Waals surface area (Å²) in [4.78, 5) is 14.6. The molecule has 5 rings (SSSR count). The lowest BCUT2D eigenvalue weighted by Crippen LogP contribution is -2.27. The zero-order chi connectivity index (χ0) is 26.5. The van der Waals surface area contributed by atoms with E-state index in [4.69, 9.17) is 9.97 Å². The number of hydrogen-bond donors (Lipinski definition) is 0. The van der Waals surface area contributed by atoms with Gasteiger partial charge >= 0.3 is 0 Å². The third kappa shape index (κ3) is 5.54. The van der Waals surface area contributed by atoms with E-state index in [1.165, 1.54) is 18.9 Å². The molecule has 0 spiro atoms. The number of pyridine rings is 1. The van der Waals surface area contributed by atoms with E-state index < -0.39 is 0 Å². The molecule has 2 heterocycles. The Hall–Kier alpha value is -3.65. The third-order valence-electron chi connectivity index (χ3n) is 7.37. The van der Waals surface area contributed by atoms with Crippen molar-refractivity contribution >= 4 is 0 Å². The molecule has 1 fully saturated rings. The average molecular weight is 495 g/mol. The van der Waals surface area contributed by atoms with Crippen LogP contribution >= 0.6 is 0 Å². The molecule has 1 aromatic carbocycles. The molecule has 5 heteroatoms. The van der Waals surface area contributed by atoms with Crippen molar-refractivity contribution in [3.05, 3.63) is 89.7 Å². The predicted octanol–water partition coefficient (Wildman–Crippen LogP) is 8.19. The average Bonchev–Trinajstić information content (AvgIpc) is 3.79. The predicted molar refractivity (Wildman–Crippen MR) is 147 cm³/mol. The maximum atomic E-state index is 15.0. The van der Waals surface area contributed by atoms with Crippen LogP contribution in [0.4, 0.5) is 4.39 Å². The Morgan fingerprint density at radius 3 is 2.51 bits per heavy atom. The topological polar surface area (TPSA) is 62.5 Å². The first-order valence-electron chi connectivity index (χ1n) is 13.3. The Balaban J connectivity index is 0.00000156. The van der Waals surface area contributed by atoms with E-state index in [1.54, 1.807) is 12.1 Å². The number of allylic oxidation sites excluding steroid dienone is 3. The van der Waals surface area contributed by atoms with Crippen molar-refractivity contribution in [3.8, 4) is 28.7 Å². The molecule has 0 saturated heterocycles. The second kappa shape index (κ2) is 11.6. The SMILES string of the molecule is C=CC(C)C1CCc2c(-c3ccccc3F)nc(-c3ccc(C4CC4)nc3)nc2C1/C=C(\C)C#N.CC. The molecule has 0 bridgehead atoms. The molecule has 2 aromatic heterocycles. The van der Waals surface area contributed by atoms with Crippen molar-refractivity contribution in [3.63, 3.8) is 0 Å². The number of benzene rings is 1. The molecule has 2 aliphatic carbocycles. The van der Waals surface area contributed by atoms with Crippen LogP contribution < -0.4 is 0 Å². The number of fused-ring (bicyclic) bond motifs is 1. The molecular formula is C32H35FN4. The van der Waals surface area contributed by atoms with Gasteiger partial charge in [0.15, 0.2) is 5.82 Å². The van der Waals surface area contributed by atoms with Gasteiger partial charge in [0, 0.05) is 46.0 Å². The molecule has 3 aromatic rings. The molecular weight excluding hydrogens is 459 g/mol. The minimum atomic E-state index is -0.302. The summed E-state index contributed by atoms with van der Waals surface area (Å²) in [5.41, 5.74) is 5.50. The van der Waals surface area contributed by atoms with Gasteiger partial charge in [0.25, 0.3) is 0 Å². The number of halogens is 1. The first-order chi connectivity index (χ1) is 18.0. The molecule has 4 nitrogen and oxygen atoms in total. The molecule has 1 saturated carbocycles. The van der Waals surface area contributed by atoms with Crippen LogP contribution in [0.2, 0.25) is 0 Å². The summed E-state index contributed by atoms with van der Waals surface area (Å²) < 4.78 is 15.0. The highest BCUT2D eigenvalue weighted by Crippen LogP contribution is 2.45. The molecule has 2 aliphatic rings. The van der Waals surface area contributed by atoms with Gasteiger partial charge in [-0.25, -0.2) is 14.4 Å². The van der Waals surface area contributed by atoms with E-state index in [0.29, 0.717) is 28.6 Å². The minimum absolute atomic E-state index is 0.0858. The Morgan fingerprint density at radius 2 is 1.89 bits per heavy atom. The molecule has 190 valence electrons. The van der Waals surface area contributed by atoms with Crippen molar-refractivity contribution in [2.24, 2.45) is 11.8 Å². The van der Waals surface area contributed by atoms with Crippen LogP contribution in [-0.2, 0) is 6.42 Å². The summed E-state index contributed by atoms with van der Waals surface area (Å²) in [6.07, 6.45) is 9.83. The summed E-state index contributed by atoms with van der Waals surface area (Å²) in [6, 6.07) is 13.1. The zero-order valence-corrected chi connectivity index (χ0v) is 22.2. The molecule has 3 unspecified atom stereocenters. The zero-order valence-electron chi connectivity index (χ0n) is 22.2. The van der Waals surface area contributed by atoms with Gasteiger partial charge in [0.05, 0.1) is 17.5 Å². The lowest BCUT2D eigenvalue weighted by molar-refractivity contribution is 0.334. The van der Waals surface area contributed by atoms with Crippen molar-refractivity contribution in [2.45, 2.75) is 65.2 Å². The van der Waals surface area contributed by atoms with E-state index in [9.17, 15) is 5.26 Å². The second-order valence-electron chi connectivity index (χ2n) is 9.77. The first-order valence-corrected chi connectivity index (χ1v) is 13.3. The Kier molecular flexibility index (Phi) is 8.28. The first kappa shape index (κ1) is 26.4. The van der Waals surface area contributed by atoms with Crippen LogP contribution in [0.1, 0.15) is 75.7 Å². The summed E-state index contributed by atoms with van der Waals surface area (Å²) in [6.45, 7) is 12.0. The van der Waals surface area contributed by atoms with Crippen LogP contribution in [0.25, 0.3) is 22.6 Å². The van der Waals surface area contributed by atoms with Crippen molar-refractivity contribution in [1.82, 2.24) is 15.0 Å². The van der Waals surface area contributed by atoms with Crippen molar-refractivity contribution < 1.29 is 4.39 Å². The highest BCUT2D eigenvalue weighted by Gasteiger charge is 2.35. The van der Waals surface area contributed by atoms with Gasteiger partial charge in [0.1, 0.15) is 5.82 Å². The van der Waals surface area contributed by atoms with Crippen LogP contribution in [-0.4, -0.2) is 15.0 Å². The monoisotopic (exact) mass is 494 g/mol. The Bertz CT molecular complexity index is 1330. The fraction of sp³-hybridized carbons (Fsp3) is 0.375. The molecule has 0 amide bonds. The van der Waals surface area contributed by atoms with E-state index in [2.05, 4.69) is 30.6 Å². The maximum Gasteiger partial charge on any atom is 0.161 e. The van der Waals surface area contributed by atoms with Gasteiger partial charge in [-0.15, -0.1) is 6.58 Å². The van der Waals surface area contributed by atoms with E-state index in [0.717, 1.165) is 35.4 Å². The lowest BCUT2D eigenvalue weighted by atomic mass is 9.71. The van der Waals surface area contributed by atoms with Gasteiger partial charge < -0.3 is 0 Å². The Labute approximate surface area is 220 Å². The molecule has 0 aliphatic heterocycles. The maximum absolute atomic E-state index is 15.0. The van der Waals surface area contributed by atoms with Gasteiger partial charge in [-0.2, -0.15) is 5.26 Å². The van der Waals surface area contributed by atoms with E-state index in [1.807, 2.05) is 51.3 Å². The number of hydrogen-bond acceptors (Lipinski definition) is 4. The lowest BCUT2D eigenvalue weighted by Gasteiger charge is -2.35. The van der Waals surface area contributed by atoms with Crippen LogP contribution in [0.15, 0.2) is 66.9 Å². The van der Waals surface area contributed by atoms with E-state index in [-0.39, 0.29) is 23.6 Å². The van der Waals surface area contributed by atoms with Gasteiger partial charge in [0.2, 0.25) is 0 Å². The highest BCUT2D eigenvalue weighted by molar-refractivity contribution is 5.69. The Morgan fingerprint density at radius 1 is 1.14 bits per heavy atom. The van der Waals surface area contributed by atoms with Gasteiger partial charge in [-0.3, -0.25) is 4.98 Å². The second-order valence-corrected chi connectivity index (χ2v) is 9.77. The number of nitrogens with zero attached hydrogens (tertiary/aromatic N) is 4. The third-order valence-corrected chi connectivity index (χ3v) is 7.37. The number of rotatable bonds is 6.